The maximum Gasteiger partial charge on any atom is 0.261 e. The Bertz CT molecular complexity index is 1200. The first-order chi connectivity index (χ1) is 17.8. The van der Waals surface area contributed by atoms with Crippen LogP contribution in [-0.2, 0) is 22.6 Å². The lowest BCUT2D eigenvalue weighted by Gasteiger charge is -2.31. The molecular formula is C30H34Cl2N2O3. The summed E-state index contributed by atoms with van der Waals surface area (Å²) < 4.78 is 5.87. The number of aryl methyl sites for hydroxylation is 2. The van der Waals surface area contributed by atoms with Gasteiger partial charge in [-0.3, -0.25) is 9.59 Å². The summed E-state index contributed by atoms with van der Waals surface area (Å²) in [7, 11) is 0. The fourth-order valence-corrected chi connectivity index (χ4v) is 4.39. The number of hydrogen-bond donors (Lipinski definition) is 1. The summed E-state index contributed by atoms with van der Waals surface area (Å²) in [6.45, 7) is 6.56. The highest BCUT2D eigenvalue weighted by Crippen LogP contribution is 2.24. The van der Waals surface area contributed by atoms with Crippen LogP contribution >= 0.6 is 23.2 Å². The van der Waals surface area contributed by atoms with E-state index in [2.05, 4.69) is 12.2 Å². The second-order valence-electron chi connectivity index (χ2n) is 9.14. The molecule has 3 aromatic carbocycles. The average Bonchev–Trinajstić information content (AvgIpc) is 2.88. The van der Waals surface area contributed by atoms with Crippen molar-refractivity contribution in [3.63, 3.8) is 0 Å². The molecule has 196 valence electrons. The van der Waals surface area contributed by atoms with Gasteiger partial charge in [-0.1, -0.05) is 79.0 Å². The summed E-state index contributed by atoms with van der Waals surface area (Å²) in [6, 6.07) is 19.8. The van der Waals surface area contributed by atoms with Gasteiger partial charge in [0.25, 0.3) is 5.91 Å². The second-order valence-corrected chi connectivity index (χ2v) is 9.99. The molecule has 0 aliphatic heterocycles. The Morgan fingerprint density at radius 2 is 1.73 bits per heavy atom. The summed E-state index contributed by atoms with van der Waals surface area (Å²) in [5.74, 6) is 0.0886. The molecule has 37 heavy (non-hydrogen) atoms. The first-order valence-electron chi connectivity index (χ1n) is 12.5. The van der Waals surface area contributed by atoms with E-state index in [0.29, 0.717) is 34.3 Å². The van der Waals surface area contributed by atoms with Gasteiger partial charge in [0.2, 0.25) is 5.91 Å². The molecule has 0 saturated heterocycles. The Morgan fingerprint density at radius 3 is 2.41 bits per heavy atom. The summed E-state index contributed by atoms with van der Waals surface area (Å²) in [5.41, 5.74) is 3.87. The molecule has 1 N–H and O–H groups in total. The molecule has 0 spiro atoms. The van der Waals surface area contributed by atoms with Crippen LogP contribution in [0.3, 0.4) is 0 Å². The summed E-state index contributed by atoms with van der Waals surface area (Å²) in [4.78, 5) is 28.7. The standard InChI is InChI=1S/C30H34Cl2N2O3/c1-4-5-15-33-30(36)28(17-23-9-7-6-8-10-23)34(19-24-12-13-25(31)18-27(24)32)29(35)20-37-26-14-11-21(2)22(3)16-26/h6-14,16,18,28H,4-5,15,17,19-20H2,1-3H3,(H,33,36)/t28-/m0/s1. The molecule has 7 heteroatoms. The molecule has 0 saturated carbocycles. The quantitative estimate of drug-likeness (QED) is 0.265. The van der Waals surface area contributed by atoms with E-state index in [9.17, 15) is 9.59 Å². The Labute approximate surface area is 229 Å². The van der Waals surface area contributed by atoms with Gasteiger partial charge in [0.05, 0.1) is 0 Å². The van der Waals surface area contributed by atoms with Crippen LogP contribution in [0.2, 0.25) is 10.0 Å². The van der Waals surface area contributed by atoms with Gasteiger partial charge in [0.1, 0.15) is 11.8 Å². The largest absolute Gasteiger partial charge is 0.484 e. The van der Waals surface area contributed by atoms with Crippen molar-refractivity contribution in [3.05, 3.63) is 99.0 Å². The first-order valence-corrected chi connectivity index (χ1v) is 13.3. The number of amides is 2. The predicted molar refractivity (Wildman–Crippen MR) is 150 cm³/mol. The van der Waals surface area contributed by atoms with E-state index in [1.165, 1.54) is 0 Å². The average molecular weight is 542 g/mol. The number of unbranched alkanes of at least 4 members (excludes halogenated alkanes) is 1. The van der Waals surface area contributed by atoms with Crippen LogP contribution in [0.15, 0.2) is 66.7 Å². The van der Waals surface area contributed by atoms with Crippen molar-refractivity contribution >= 4 is 35.0 Å². The molecule has 0 fully saturated rings. The molecule has 0 radical (unpaired) electrons. The Balaban J connectivity index is 1.92. The van der Waals surface area contributed by atoms with E-state index in [1.807, 2.05) is 62.4 Å². The third-order valence-electron chi connectivity index (χ3n) is 6.30. The van der Waals surface area contributed by atoms with Crippen molar-refractivity contribution in [1.29, 1.82) is 0 Å². The molecular weight excluding hydrogens is 507 g/mol. The van der Waals surface area contributed by atoms with E-state index in [4.69, 9.17) is 27.9 Å². The molecule has 2 amide bonds. The lowest BCUT2D eigenvalue weighted by atomic mass is 10.0. The lowest BCUT2D eigenvalue weighted by Crippen LogP contribution is -2.51. The normalized spacial score (nSPS) is 11.6. The molecule has 0 aliphatic carbocycles. The molecule has 3 rings (SSSR count). The minimum atomic E-state index is -0.748. The molecule has 0 bridgehead atoms. The zero-order valence-corrected chi connectivity index (χ0v) is 23.1. The fourth-order valence-electron chi connectivity index (χ4n) is 3.93. The number of hydrogen-bond acceptors (Lipinski definition) is 3. The number of benzene rings is 3. The number of nitrogens with zero attached hydrogens (tertiary/aromatic N) is 1. The number of carbonyl (C=O) groups is 2. The lowest BCUT2D eigenvalue weighted by molar-refractivity contribution is -0.142. The number of halogens is 2. The van der Waals surface area contributed by atoms with E-state index in [0.717, 1.165) is 29.5 Å². The molecule has 0 aliphatic rings. The van der Waals surface area contributed by atoms with Crippen LogP contribution < -0.4 is 10.1 Å². The highest BCUT2D eigenvalue weighted by atomic mass is 35.5. The van der Waals surface area contributed by atoms with Crippen molar-refractivity contribution in [2.75, 3.05) is 13.2 Å². The zero-order valence-electron chi connectivity index (χ0n) is 21.6. The van der Waals surface area contributed by atoms with Crippen LogP contribution in [0.5, 0.6) is 5.75 Å². The topological polar surface area (TPSA) is 58.6 Å². The highest BCUT2D eigenvalue weighted by Gasteiger charge is 2.31. The van der Waals surface area contributed by atoms with Crippen LogP contribution in [0.1, 0.15) is 42.0 Å². The monoisotopic (exact) mass is 540 g/mol. The fraction of sp³-hybridized carbons (Fsp3) is 0.333. The van der Waals surface area contributed by atoms with Crippen LogP contribution in [-0.4, -0.2) is 35.9 Å². The van der Waals surface area contributed by atoms with Crippen molar-refractivity contribution in [3.8, 4) is 5.75 Å². The Morgan fingerprint density at radius 1 is 0.973 bits per heavy atom. The Hall–Kier alpha value is -3.02. The SMILES string of the molecule is CCCCNC(=O)[C@H](Cc1ccccc1)N(Cc1ccc(Cl)cc1Cl)C(=O)COc1ccc(C)c(C)c1. The number of rotatable bonds is 12. The number of nitrogens with one attached hydrogen (secondary N) is 1. The minimum absolute atomic E-state index is 0.143. The third-order valence-corrected chi connectivity index (χ3v) is 6.88. The van der Waals surface area contributed by atoms with Crippen molar-refractivity contribution in [2.24, 2.45) is 0 Å². The summed E-state index contributed by atoms with van der Waals surface area (Å²) >= 11 is 12.6. The zero-order chi connectivity index (χ0) is 26.8. The molecule has 0 aromatic heterocycles. The van der Waals surface area contributed by atoms with Gasteiger partial charge >= 0.3 is 0 Å². The van der Waals surface area contributed by atoms with Gasteiger partial charge in [0, 0.05) is 29.6 Å². The smallest absolute Gasteiger partial charge is 0.261 e. The van der Waals surface area contributed by atoms with Gasteiger partial charge in [-0.2, -0.15) is 0 Å². The molecule has 0 unspecified atom stereocenters. The van der Waals surface area contributed by atoms with E-state index < -0.39 is 6.04 Å². The van der Waals surface area contributed by atoms with E-state index in [1.54, 1.807) is 23.1 Å². The van der Waals surface area contributed by atoms with Gasteiger partial charge in [-0.25, -0.2) is 0 Å². The first kappa shape index (κ1) is 28.5. The second kappa shape index (κ2) is 14.1. The van der Waals surface area contributed by atoms with Crippen LogP contribution in [0.25, 0.3) is 0 Å². The predicted octanol–water partition coefficient (Wildman–Crippen LogP) is 6.55. The van der Waals surface area contributed by atoms with Crippen molar-refractivity contribution in [1.82, 2.24) is 10.2 Å². The van der Waals surface area contributed by atoms with Gasteiger partial charge in [-0.05, 0) is 66.8 Å². The molecule has 0 heterocycles. The molecule has 5 nitrogen and oxygen atoms in total. The number of carbonyl (C=O) groups excluding carboxylic acids is 2. The highest BCUT2D eigenvalue weighted by molar-refractivity contribution is 6.35. The maximum atomic E-state index is 13.7. The Kier molecular flexibility index (Phi) is 10.8. The van der Waals surface area contributed by atoms with Crippen LogP contribution in [0, 0.1) is 13.8 Å². The van der Waals surface area contributed by atoms with Crippen molar-refractivity contribution < 1.29 is 14.3 Å². The van der Waals surface area contributed by atoms with E-state index in [-0.39, 0.29) is 25.0 Å². The van der Waals surface area contributed by atoms with Gasteiger partial charge in [0.15, 0.2) is 6.61 Å². The molecule has 3 aromatic rings. The van der Waals surface area contributed by atoms with Crippen molar-refractivity contribution in [2.45, 2.75) is 52.6 Å². The minimum Gasteiger partial charge on any atom is -0.484 e. The number of ether oxygens (including phenoxy) is 1. The van der Waals surface area contributed by atoms with Gasteiger partial charge < -0.3 is 15.0 Å². The summed E-state index contributed by atoms with van der Waals surface area (Å²) in [6.07, 6.45) is 2.17. The molecule has 1 atom stereocenters. The van der Waals surface area contributed by atoms with Gasteiger partial charge in [-0.15, -0.1) is 0 Å². The summed E-state index contributed by atoms with van der Waals surface area (Å²) in [5, 5.41) is 3.95. The maximum absolute atomic E-state index is 13.7. The van der Waals surface area contributed by atoms with E-state index >= 15 is 0 Å². The third kappa shape index (κ3) is 8.51. The van der Waals surface area contributed by atoms with Crippen LogP contribution in [0.4, 0.5) is 0 Å².